The van der Waals surface area contributed by atoms with Gasteiger partial charge in [0.25, 0.3) is 0 Å². The fraction of sp³-hybridized carbons (Fsp3) is 0.381. The number of hydrogen-bond donors (Lipinski definition) is 1. The largest absolute Gasteiger partial charge is 0.384 e. The molecule has 0 radical (unpaired) electrons. The second kappa shape index (κ2) is 5.47. The summed E-state index contributed by atoms with van der Waals surface area (Å²) < 4.78 is 0. The Hall–Kier alpha value is -1.58. The van der Waals surface area contributed by atoms with Crippen LogP contribution in [-0.4, -0.2) is 17.1 Å². The van der Waals surface area contributed by atoms with Gasteiger partial charge in [0.05, 0.1) is 5.41 Å². The third-order valence-electron chi connectivity index (χ3n) is 6.10. The molecule has 0 bridgehead atoms. The normalized spacial score (nSPS) is 31.6. The lowest BCUT2D eigenvalue weighted by molar-refractivity contribution is -0.155. The van der Waals surface area contributed by atoms with Crippen molar-refractivity contribution in [2.75, 3.05) is 6.26 Å². The first-order chi connectivity index (χ1) is 11.5. The maximum atomic E-state index is 13.0. The zero-order chi connectivity index (χ0) is 16.9. The Labute approximate surface area is 147 Å². The first-order valence-electron chi connectivity index (χ1n) is 8.46. The maximum Gasteiger partial charge on any atom is 0.142 e. The molecule has 0 aromatic heterocycles. The van der Waals surface area contributed by atoms with Crippen LogP contribution in [0.1, 0.15) is 42.4 Å². The summed E-state index contributed by atoms with van der Waals surface area (Å²) in [5.41, 5.74) is 1.48. The van der Waals surface area contributed by atoms with E-state index in [1.165, 1.54) is 4.90 Å². The molecule has 2 aromatic rings. The first kappa shape index (κ1) is 15.9. The van der Waals surface area contributed by atoms with E-state index in [4.69, 9.17) is 0 Å². The Kier molecular flexibility index (Phi) is 3.63. The molecule has 0 spiro atoms. The maximum absolute atomic E-state index is 13.0. The highest BCUT2D eigenvalue weighted by Crippen LogP contribution is 2.59. The van der Waals surface area contributed by atoms with Crippen LogP contribution in [0.15, 0.2) is 53.4 Å². The van der Waals surface area contributed by atoms with Gasteiger partial charge < -0.3 is 5.11 Å². The monoisotopic (exact) mass is 338 g/mol. The number of aliphatic hydroxyl groups is 1. The van der Waals surface area contributed by atoms with E-state index in [0.29, 0.717) is 19.3 Å². The van der Waals surface area contributed by atoms with Gasteiger partial charge in [0.1, 0.15) is 11.4 Å². The number of benzene rings is 2. The van der Waals surface area contributed by atoms with E-state index in [1.54, 1.807) is 11.8 Å². The van der Waals surface area contributed by atoms with Gasteiger partial charge in [-0.05, 0) is 60.8 Å². The summed E-state index contributed by atoms with van der Waals surface area (Å²) in [5.74, 6) is 0.268. The average molecular weight is 338 g/mol. The molecule has 2 aliphatic rings. The van der Waals surface area contributed by atoms with Gasteiger partial charge in [-0.25, -0.2) is 0 Å². The van der Waals surface area contributed by atoms with E-state index in [1.807, 2.05) is 31.2 Å². The summed E-state index contributed by atoms with van der Waals surface area (Å²) in [6, 6.07) is 16.4. The lowest BCUT2D eigenvalue weighted by Gasteiger charge is -2.46. The van der Waals surface area contributed by atoms with E-state index < -0.39 is 11.0 Å². The molecule has 2 aliphatic carbocycles. The van der Waals surface area contributed by atoms with Gasteiger partial charge >= 0.3 is 0 Å². The van der Waals surface area contributed by atoms with Gasteiger partial charge in [-0.1, -0.05) is 36.4 Å². The van der Waals surface area contributed by atoms with Crippen LogP contribution < -0.4 is 0 Å². The topological polar surface area (TPSA) is 37.3 Å². The molecule has 0 heterocycles. The number of hydrogen-bond acceptors (Lipinski definition) is 3. The van der Waals surface area contributed by atoms with Gasteiger partial charge in [0.2, 0.25) is 0 Å². The molecule has 3 atom stereocenters. The summed E-state index contributed by atoms with van der Waals surface area (Å²) in [7, 11) is 0. The van der Waals surface area contributed by atoms with E-state index in [2.05, 4.69) is 30.5 Å². The summed E-state index contributed by atoms with van der Waals surface area (Å²) in [6.07, 6.45) is 3.84. The predicted molar refractivity (Wildman–Crippen MR) is 97.4 cm³/mol. The Balaban J connectivity index is 1.75. The average Bonchev–Trinajstić information content (AvgIpc) is 2.84. The number of carbonyl (C=O) groups excluding carboxylic acids is 1. The molecule has 1 fully saturated rings. The SMILES string of the molecule is CSc1ccc(C2CC(=O)C3(C)Cc4ccccc4C3(O)C2)cc1. The van der Waals surface area contributed by atoms with Crippen LogP contribution in [0.5, 0.6) is 0 Å². The molecule has 1 N–H and O–H groups in total. The summed E-state index contributed by atoms with van der Waals surface area (Å²) in [4.78, 5) is 14.2. The number of rotatable bonds is 2. The Bertz CT molecular complexity index is 798. The minimum Gasteiger partial charge on any atom is -0.384 e. The zero-order valence-electron chi connectivity index (χ0n) is 14.1. The summed E-state index contributed by atoms with van der Waals surface area (Å²) in [5, 5.41) is 11.6. The van der Waals surface area contributed by atoms with Crippen LogP contribution >= 0.6 is 11.8 Å². The molecule has 1 saturated carbocycles. The second-order valence-electron chi connectivity index (χ2n) is 7.33. The number of Topliss-reactive ketones (excluding diaryl/α,β-unsaturated/α-hetero) is 1. The Morgan fingerprint density at radius 3 is 2.54 bits per heavy atom. The molecule has 0 amide bonds. The van der Waals surface area contributed by atoms with Crippen LogP contribution in [0.3, 0.4) is 0 Å². The van der Waals surface area contributed by atoms with E-state index in [-0.39, 0.29) is 11.7 Å². The molecule has 2 nitrogen and oxygen atoms in total. The highest BCUT2D eigenvalue weighted by Gasteiger charge is 2.61. The first-order valence-corrected chi connectivity index (χ1v) is 9.68. The molecule has 3 heteroatoms. The number of fused-ring (bicyclic) bond motifs is 3. The van der Waals surface area contributed by atoms with E-state index >= 15 is 0 Å². The number of thioether (sulfide) groups is 1. The van der Waals surface area contributed by atoms with Crippen molar-refractivity contribution in [2.24, 2.45) is 5.41 Å². The number of ketones is 1. The van der Waals surface area contributed by atoms with Crippen molar-refractivity contribution < 1.29 is 9.90 Å². The van der Waals surface area contributed by atoms with Crippen LogP contribution in [0.4, 0.5) is 0 Å². The van der Waals surface area contributed by atoms with Gasteiger partial charge in [0, 0.05) is 11.3 Å². The van der Waals surface area contributed by atoms with Crippen LogP contribution in [0.25, 0.3) is 0 Å². The highest BCUT2D eigenvalue weighted by molar-refractivity contribution is 7.98. The quantitative estimate of drug-likeness (QED) is 0.829. The van der Waals surface area contributed by atoms with Crippen molar-refractivity contribution in [3.8, 4) is 0 Å². The van der Waals surface area contributed by atoms with Crippen molar-refractivity contribution in [3.05, 3.63) is 65.2 Å². The van der Waals surface area contributed by atoms with Crippen molar-refractivity contribution in [1.82, 2.24) is 0 Å². The Morgan fingerprint density at radius 2 is 1.83 bits per heavy atom. The van der Waals surface area contributed by atoms with Crippen LogP contribution in [0.2, 0.25) is 0 Å². The van der Waals surface area contributed by atoms with Crippen molar-refractivity contribution in [2.45, 2.75) is 42.6 Å². The molecule has 2 aromatic carbocycles. The lowest BCUT2D eigenvalue weighted by Crippen LogP contribution is -2.51. The van der Waals surface area contributed by atoms with E-state index in [0.717, 1.165) is 16.7 Å². The fourth-order valence-electron chi connectivity index (χ4n) is 4.56. The van der Waals surface area contributed by atoms with Crippen LogP contribution in [-0.2, 0) is 16.8 Å². The van der Waals surface area contributed by atoms with Gasteiger partial charge in [-0.3, -0.25) is 4.79 Å². The number of carbonyl (C=O) groups is 1. The molecule has 0 saturated heterocycles. The van der Waals surface area contributed by atoms with Gasteiger partial charge in [-0.2, -0.15) is 0 Å². The molecule has 124 valence electrons. The third kappa shape index (κ3) is 2.11. The fourth-order valence-corrected chi connectivity index (χ4v) is 4.96. The van der Waals surface area contributed by atoms with E-state index in [9.17, 15) is 9.90 Å². The molecule has 0 aliphatic heterocycles. The smallest absolute Gasteiger partial charge is 0.142 e. The summed E-state index contributed by atoms with van der Waals surface area (Å²) in [6.45, 7) is 1.95. The van der Waals surface area contributed by atoms with Crippen LogP contribution in [0, 0.1) is 5.41 Å². The van der Waals surface area contributed by atoms with Gasteiger partial charge in [0.15, 0.2) is 0 Å². The van der Waals surface area contributed by atoms with Crippen molar-refractivity contribution >= 4 is 17.5 Å². The Morgan fingerprint density at radius 1 is 1.12 bits per heavy atom. The lowest BCUT2D eigenvalue weighted by atomic mass is 9.60. The second-order valence-corrected chi connectivity index (χ2v) is 8.21. The van der Waals surface area contributed by atoms with Gasteiger partial charge in [-0.15, -0.1) is 11.8 Å². The molecule has 4 rings (SSSR count). The van der Waals surface area contributed by atoms with Crippen molar-refractivity contribution in [3.63, 3.8) is 0 Å². The minimum absolute atomic E-state index is 0.0811. The predicted octanol–water partition coefficient (Wildman–Crippen LogP) is 4.31. The molecular weight excluding hydrogens is 316 g/mol. The molecule has 3 unspecified atom stereocenters. The highest BCUT2D eigenvalue weighted by atomic mass is 32.2. The zero-order valence-corrected chi connectivity index (χ0v) is 14.9. The summed E-state index contributed by atoms with van der Waals surface area (Å²) >= 11 is 1.71. The van der Waals surface area contributed by atoms with Crippen molar-refractivity contribution in [1.29, 1.82) is 0 Å². The standard InChI is InChI=1S/C21H22O2S/c1-20-12-15-5-3-4-6-18(15)21(20,23)13-16(11-19(20)22)14-7-9-17(24-2)10-8-14/h3-10,16,23H,11-13H2,1-2H3. The third-order valence-corrected chi connectivity index (χ3v) is 6.84. The minimum atomic E-state index is -1.05. The molecule has 24 heavy (non-hydrogen) atoms. The molecular formula is C21H22O2S.